The van der Waals surface area contributed by atoms with Crippen LogP contribution in [0.5, 0.6) is 0 Å². The Hall–Kier alpha value is -2.14. The van der Waals surface area contributed by atoms with Gasteiger partial charge in [0.15, 0.2) is 0 Å². The van der Waals surface area contributed by atoms with Gasteiger partial charge in [-0.05, 0) is 18.2 Å². The monoisotopic (exact) mass is 238 g/mol. The summed E-state index contributed by atoms with van der Waals surface area (Å²) in [7, 11) is 0. The van der Waals surface area contributed by atoms with Crippen LogP contribution < -0.4 is 5.32 Å². The lowest BCUT2D eigenvalue weighted by atomic mass is 10.1. The number of nitrogens with one attached hydrogen (secondary N) is 1. The van der Waals surface area contributed by atoms with Crippen molar-refractivity contribution >= 4 is 5.69 Å². The zero-order chi connectivity index (χ0) is 12.9. The van der Waals surface area contributed by atoms with Crippen molar-refractivity contribution in [1.29, 1.82) is 5.26 Å². The standard InChI is InChI=1S/C12H9F3N2/c1-2-3-6-17-10-4-5-11(12(13,14)15)9(7-10)8-16/h1,4-5,7,17H,3,6H2. The van der Waals surface area contributed by atoms with E-state index in [0.29, 0.717) is 18.7 Å². The molecule has 0 bridgehead atoms. The number of benzene rings is 1. The Morgan fingerprint density at radius 1 is 1.35 bits per heavy atom. The molecule has 2 nitrogen and oxygen atoms in total. The summed E-state index contributed by atoms with van der Waals surface area (Å²) in [4.78, 5) is 0. The quantitative estimate of drug-likeness (QED) is 0.649. The highest BCUT2D eigenvalue weighted by Crippen LogP contribution is 2.32. The van der Waals surface area contributed by atoms with Gasteiger partial charge in [0, 0.05) is 18.7 Å². The molecule has 0 amide bonds. The van der Waals surface area contributed by atoms with Gasteiger partial charge in [-0.2, -0.15) is 18.4 Å². The van der Waals surface area contributed by atoms with E-state index in [-0.39, 0.29) is 0 Å². The van der Waals surface area contributed by atoms with Crippen molar-refractivity contribution in [2.45, 2.75) is 12.6 Å². The van der Waals surface area contributed by atoms with E-state index < -0.39 is 17.3 Å². The lowest BCUT2D eigenvalue weighted by Crippen LogP contribution is -2.09. The molecule has 0 aliphatic carbocycles. The molecule has 0 heterocycles. The zero-order valence-electron chi connectivity index (χ0n) is 8.80. The van der Waals surface area contributed by atoms with Crippen LogP contribution in [0.2, 0.25) is 0 Å². The van der Waals surface area contributed by atoms with Crippen molar-refractivity contribution in [2.24, 2.45) is 0 Å². The molecule has 0 fully saturated rings. The Bertz CT molecular complexity index is 478. The predicted molar refractivity (Wildman–Crippen MR) is 58.1 cm³/mol. The molecular weight excluding hydrogens is 229 g/mol. The van der Waals surface area contributed by atoms with Crippen molar-refractivity contribution in [3.05, 3.63) is 29.3 Å². The Morgan fingerprint density at radius 2 is 2.06 bits per heavy atom. The second kappa shape index (κ2) is 5.27. The number of hydrogen-bond donors (Lipinski definition) is 1. The van der Waals surface area contributed by atoms with E-state index in [0.717, 1.165) is 6.07 Å². The van der Waals surface area contributed by atoms with E-state index >= 15 is 0 Å². The van der Waals surface area contributed by atoms with Crippen LogP contribution in [0.3, 0.4) is 0 Å². The van der Waals surface area contributed by atoms with Crippen molar-refractivity contribution in [1.82, 2.24) is 0 Å². The van der Waals surface area contributed by atoms with Crippen molar-refractivity contribution in [3.8, 4) is 18.4 Å². The minimum Gasteiger partial charge on any atom is -0.384 e. The minimum atomic E-state index is -4.51. The van der Waals surface area contributed by atoms with E-state index in [1.807, 2.05) is 0 Å². The fourth-order valence-corrected chi connectivity index (χ4v) is 1.27. The molecule has 0 spiro atoms. The number of terminal acetylenes is 1. The van der Waals surface area contributed by atoms with Crippen LogP contribution in [0.25, 0.3) is 0 Å². The second-order valence-corrected chi connectivity index (χ2v) is 3.25. The summed E-state index contributed by atoms with van der Waals surface area (Å²) in [6.45, 7) is 0.451. The van der Waals surface area contributed by atoms with E-state index in [9.17, 15) is 13.2 Å². The molecule has 1 aromatic rings. The Morgan fingerprint density at radius 3 is 2.59 bits per heavy atom. The van der Waals surface area contributed by atoms with Gasteiger partial charge < -0.3 is 5.32 Å². The molecular formula is C12H9F3N2. The normalized spacial score (nSPS) is 10.4. The third-order valence-corrected chi connectivity index (χ3v) is 2.04. The molecule has 0 unspecified atom stereocenters. The Labute approximate surface area is 97.1 Å². The number of anilines is 1. The second-order valence-electron chi connectivity index (χ2n) is 3.25. The fourth-order valence-electron chi connectivity index (χ4n) is 1.27. The number of hydrogen-bond acceptors (Lipinski definition) is 2. The molecule has 0 aromatic heterocycles. The molecule has 1 rings (SSSR count). The van der Waals surface area contributed by atoms with Gasteiger partial charge in [-0.3, -0.25) is 0 Å². The number of halogens is 3. The van der Waals surface area contributed by atoms with E-state index in [1.54, 1.807) is 0 Å². The highest BCUT2D eigenvalue weighted by molar-refractivity contribution is 5.53. The Balaban J connectivity index is 2.95. The van der Waals surface area contributed by atoms with E-state index in [1.165, 1.54) is 18.2 Å². The summed E-state index contributed by atoms with van der Waals surface area (Å²) in [5, 5.41) is 11.5. The summed E-state index contributed by atoms with van der Waals surface area (Å²) in [5.41, 5.74) is -0.879. The van der Waals surface area contributed by atoms with Crippen molar-refractivity contribution < 1.29 is 13.2 Å². The molecule has 17 heavy (non-hydrogen) atoms. The van der Waals surface area contributed by atoms with Gasteiger partial charge in [-0.15, -0.1) is 12.3 Å². The number of alkyl halides is 3. The van der Waals surface area contributed by atoms with Gasteiger partial charge in [0.1, 0.15) is 0 Å². The van der Waals surface area contributed by atoms with Crippen LogP contribution in [0.1, 0.15) is 17.5 Å². The maximum Gasteiger partial charge on any atom is 0.417 e. The summed E-state index contributed by atoms with van der Waals surface area (Å²) in [6, 6.07) is 4.86. The first-order valence-electron chi connectivity index (χ1n) is 4.77. The molecule has 0 saturated heterocycles. The summed E-state index contributed by atoms with van der Waals surface area (Å²) >= 11 is 0. The molecule has 1 N–H and O–H groups in total. The smallest absolute Gasteiger partial charge is 0.384 e. The van der Waals surface area contributed by atoms with Gasteiger partial charge in [-0.25, -0.2) is 0 Å². The number of rotatable bonds is 3. The lowest BCUT2D eigenvalue weighted by molar-refractivity contribution is -0.137. The van der Waals surface area contributed by atoms with Gasteiger partial charge in [0.05, 0.1) is 17.2 Å². The van der Waals surface area contributed by atoms with Crippen LogP contribution in [0.4, 0.5) is 18.9 Å². The van der Waals surface area contributed by atoms with Crippen LogP contribution >= 0.6 is 0 Å². The maximum atomic E-state index is 12.5. The first-order chi connectivity index (χ1) is 7.99. The molecule has 0 atom stereocenters. The van der Waals surface area contributed by atoms with Crippen molar-refractivity contribution in [3.63, 3.8) is 0 Å². The average Bonchev–Trinajstić information content (AvgIpc) is 2.28. The zero-order valence-corrected chi connectivity index (χ0v) is 8.80. The first kappa shape index (κ1) is 12.9. The van der Waals surface area contributed by atoms with Crippen molar-refractivity contribution in [2.75, 3.05) is 11.9 Å². The van der Waals surface area contributed by atoms with Crippen LogP contribution in [-0.2, 0) is 6.18 Å². The summed E-state index contributed by atoms with van der Waals surface area (Å²) in [6.07, 6.45) is 0.989. The molecule has 1 aromatic carbocycles. The van der Waals surface area contributed by atoms with Crippen LogP contribution in [0, 0.1) is 23.7 Å². The highest BCUT2D eigenvalue weighted by Gasteiger charge is 2.33. The highest BCUT2D eigenvalue weighted by atomic mass is 19.4. The third kappa shape index (κ3) is 3.42. The fraction of sp³-hybridized carbons (Fsp3) is 0.250. The SMILES string of the molecule is C#CCCNc1ccc(C(F)(F)F)c(C#N)c1. The lowest BCUT2D eigenvalue weighted by Gasteiger charge is -2.10. The van der Waals surface area contributed by atoms with E-state index in [4.69, 9.17) is 11.7 Å². The maximum absolute atomic E-state index is 12.5. The number of nitriles is 1. The Kier molecular flexibility index (Phi) is 4.01. The summed E-state index contributed by atoms with van der Waals surface area (Å²) in [5.74, 6) is 2.39. The topological polar surface area (TPSA) is 35.8 Å². The van der Waals surface area contributed by atoms with Gasteiger partial charge in [0.2, 0.25) is 0 Å². The molecule has 0 aliphatic heterocycles. The molecule has 0 saturated carbocycles. The first-order valence-corrected chi connectivity index (χ1v) is 4.77. The minimum absolute atomic E-state index is 0.400. The third-order valence-electron chi connectivity index (χ3n) is 2.04. The molecule has 0 radical (unpaired) electrons. The molecule has 88 valence electrons. The molecule has 0 aliphatic rings. The van der Waals surface area contributed by atoms with E-state index in [2.05, 4.69) is 11.2 Å². The number of nitrogens with zero attached hydrogens (tertiary/aromatic N) is 1. The van der Waals surface area contributed by atoms with Crippen LogP contribution in [-0.4, -0.2) is 6.54 Å². The summed E-state index contributed by atoms with van der Waals surface area (Å²) < 4.78 is 37.4. The van der Waals surface area contributed by atoms with Gasteiger partial charge >= 0.3 is 6.18 Å². The molecule has 5 heteroatoms. The average molecular weight is 238 g/mol. The van der Waals surface area contributed by atoms with Crippen LogP contribution in [0.15, 0.2) is 18.2 Å². The van der Waals surface area contributed by atoms with Gasteiger partial charge in [0.25, 0.3) is 0 Å². The van der Waals surface area contributed by atoms with Gasteiger partial charge in [-0.1, -0.05) is 0 Å². The predicted octanol–water partition coefficient (Wildman–Crippen LogP) is 3.01. The largest absolute Gasteiger partial charge is 0.417 e.